The smallest absolute Gasteiger partial charge is 0.126 e. The minimum absolute atomic E-state index is 0.411. The highest BCUT2D eigenvalue weighted by atomic mass is 79.9. The first kappa shape index (κ1) is 11.9. The monoisotopic (exact) mass is 284 g/mol. The van der Waals surface area contributed by atoms with Crippen molar-refractivity contribution in [3.8, 4) is 0 Å². The third-order valence-corrected chi connectivity index (χ3v) is 3.93. The van der Waals surface area contributed by atoms with E-state index in [0.29, 0.717) is 12.1 Å². The van der Waals surface area contributed by atoms with Crippen LogP contribution in [0.3, 0.4) is 0 Å². The average Bonchev–Trinajstić information content (AvgIpc) is 2.71. The molecule has 2 unspecified atom stereocenters. The first-order valence-corrected chi connectivity index (χ1v) is 6.41. The van der Waals surface area contributed by atoms with Crippen LogP contribution in [0.4, 0.5) is 5.82 Å². The Hall–Kier alpha value is -0.610. The maximum Gasteiger partial charge on any atom is 0.126 e. The SMILES string of the molecule is COC1CCC(Nc2ccc(Br)c(C)n2)C1. The van der Waals surface area contributed by atoms with E-state index in [-0.39, 0.29) is 0 Å². The Morgan fingerprint density at radius 3 is 2.88 bits per heavy atom. The van der Waals surface area contributed by atoms with Crippen molar-refractivity contribution in [2.24, 2.45) is 0 Å². The minimum Gasteiger partial charge on any atom is -0.381 e. The van der Waals surface area contributed by atoms with Gasteiger partial charge in [0.1, 0.15) is 5.82 Å². The van der Waals surface area contributed by atoms with Crippen molar-refractivity contribution in [2.45, 2.75) is 38.3 Å². The Morgan fingerprint density at radius 1 is 1.44 bits per heavy atom. The predicted octanol–water partition coefficient (Wildman–Crippen LogP) is 3.13. The van der Waals surface area contributed by atoms with Gasteiger partial charge < -0.3 is 10.1 Å². The van der Waals surface area contributed by atoms with E-state index < -0.39 is 0 Å². The largest absolute Gasteiger partial charge is 0.381 e. The second-order valence-corrected chi connectivity index (χ2v) is 5.13. The Labute approximate surface area is 105 Å². The number of anilines is 1. The van der Waals surface area contributed by atoms with Crippen molar-refractivity contribution in [1.29, 1.82) is 0 Å². The predicted molar refractivity (Wildman–Crippen MR) is 68.7 cm³/mol. The molecule has 2 rings (SSSR count). The highest BCUT2D eigenvalue weighted by molar-refractivity contribution is 9.10. The molecule has 4 heteroatoms. The molecule has 0 aromatic carbocycles. The summed E-state index contributed by atoms with van der Waals surface area (Å²) >= 11 is 3.45. The summed E-state index contributed by atoms with van der Waals surface area (Å²) in [4.78, 5) is 4.49. The molecule has 2 atom stereocenters. The standard InChI is InChI=1S/C12H17BrN2O/c1-8-11(13)5-6-12(14-8)15-9-3-4-10(7-9)16-2/h5-6,9-10H,3-4,7H2,1-2H3,(H,14,15). The van der Waals surface area contributed by atoms with Crippen molar-refractivity contribution in [3.05, 3.63) is 22.3 Å². The van der Waals surface area contributed by atoms with Gasteiger partial charge in [0.25, 0.3) is 0 Å². The number of nitrogens with zero attached hydrogens (tertiary/aromatic N) is 1. The highest BCUT2D eigenvalue weighted by Gasteiger charge is 2.24. The third kappa shape index (κ3) is 2.74. The molecule has 1 N–H and O–H groups in total. The van der Waals surface area contributed by atoms with Gasteiger partial charge in [0, 0.05) is 17.6 Å². The van der Waals surface area contributed by atoms with Crippen molar-refractivity contribution < 1.29 is 4.74 Å². The van der Waals surface area contributed by atoms with Crippen LogP contribution >= 0.6 is 15.9 Å². The Bertz CT molecular complexity index is 370. The number of aromatic nitrogens is 1. The zero-order chi connectivity index (χ0) is 11.5. The summed E-state index contributed by atoms with van der Waals surface area (Å²) in [6.45, 7) is 2.00. The van der Waals surface area contributed by atoms with Crippen molar-refractivity contribution in [2.75, 3.05) is 12.4 Å². The van der Waals surface area contributed by atoms with Crippen LogP contribution in [0.2, 0.25) is 0 Å². The molecule has 16 heavy (non-hydrogen) atoms. The second-order valence-electron chi connectivity index (χ2n) is 4.28. The van der Waals surface area contributed by atoms with Gasteiger partial charge in [0.05, 0.1) is 11.8 Å². The Kier molecular flexibility index (Phi) is 3.82. The molecule has 1 heterocycles. The first-order chi connectivity index (χ1) is 7.69. The van der Waals surface area contributed by atoms with E-state index in [1.54, 1.807) is 7.11 Å². The van der Waals surface area contributed by atoms with Gasteiger partial charge in [0.15, 0.2) is 0 Å². The van der Waals surface area contributed by atoms with Crippen LogP contribution in [-0.2, 0) is 4.74 Å². The summed E-state index contributed by atoms with van der Waals surface area (Å²) in [5.74, 6) is 0.961. The number of hydrogen-bond acceptors (Lipinski definition) is 3. The normalized spacial score (nSPS) is 24.7. The van der Waals surface area contributed by atoms with E-state index in [2.05, 4.69) is 26.2 Å². The van der Waals surface area contributed by atoms with Gasteiger partial charge in [-0.05, 0) is 54.2 Å². The van der Waals surface area contributed by atoms with Crippen LogP contribution in [-0.4, -0.2) is 24.2 Å². The molecule has 0 radical (unpaired) electrons. The molecule has 88 valence electrons. The lowest BCUT2D eigenvalue weighted by atomic mass is 10.2. The van der Waals surface area contributed by atoms with Crippen LogP contribution in [0.25, 0.3) is 0 Å². The quantitative estimate of drug-likeness (QED) is 0.926. The van der Waals surface area contributed by atoms with E-state index in [0.717, 1.165) is 35.2 Å². The summed E-state index contributed by atoms with van der Waals surface area (Å²) in [6, 6.07) is 4.54. The van der Waals surface area contributed by atoms with Crippen LogP contribution in [0, 0.1) is 6.92 Å². The number of rotatable bonds is 3. The van der Waals surface area contributed by atoms with Gasteiger partial charge in [0.2, 0.25) is 0 Å². The van der Waals surface area contributed by atoms with Crippen molar-refractivity contribution in [1.82, 2.24) is 4.98 Å². The number of nitrogens with one attached hydrogen (secondary N) is 1. The van der Waals surface area contributed by atoms with Gasteiger partial charge in [-0.15, -0.1) is 0 Å². The fraction of sp³-hybridized carbons (Fsp3) is 0.583. The fourth-order valence-electron chi connectivity index (χ4n) is 2.12. The van der Waals surface area contributed by atoms with Crippen LogP contribution in [0.1, 0.15) is 25.0 Å². The molecular formula is C12H17BrN2O. The highest BCUT2D eigenvalue weighted by Crippen LogP contribution is 2.25. The second kappa shape index (κ2) is 5.15. The maximum atomic E-state index is 5.35. The number of pyridine rings is 1. The van der Waals surface area contributed by atoms with Crippen molar-refractivity contribution >= 4 is 21.7 Å². The van der Waals surface area contributed by atoms with E-state index in [1.165, 1.54) is 0 Å². The zero-order valence-electron chi connectivity index (χ0n) is 9.66. The zero-order valence-corrected chi connectivity index (χ0v) is 11.3. The molecule has 1 aromatic rings. The molecule has 1 aromatic heterocycles. The fourth-order valence-corrected chi connectivity index (χ4v) is 2.34. The maximum absolute atomic E-state index is 5.35. The molecule has 0 spiro atoms. The molecular weight excluding hydrogens is 268 g/mol. The molecule has 0 amide bonds. The molecule has 1 aliphatic rings. The van der Waals surface area contributed by atoms with E-state index in [4.69, 9.17) is 4.74 Å². The van der Waals surface area contributed by atoms with Gasteiger partial charge >= 0.3 is 0 Å². The minimum atomic E-state index is 0.411. The van der Waals surface area contributed by atoms with Crippen molar-refractivity contribution in [3.63, 3.8) is 0 Å². The first-order valence-electron chi connectivity index (χ1n) is 5.61. The summed E-state index contributed by atoms with van der Waals surface area (Å²) in [7, 11) is 1.79. The molecule has 0 aliphatic heterocycles. The van der Waals surface area contributed by atoms with E-state index in [9.17, 15) is 0 Å². The van der Waals surface area contributed by atoms with Gasteiger partial charge in [-0.25, -0.2) is 4.98 Å². The molecule has 1 aliphatic carbocycles. The van der Waals surface area contributed by atoms with Gasteiger partial charge in [-0.3, -0.25) is 0 Å². The molecule has 0 saturated heterocycles. The van der Waals surface area contributed by atoms with E-state index in [1.807, 2.05) is 19.1 Å². The van der Waals surface area contributed by atoms with Gasteiger partial charge in [-0.2, -0.15) is 0 Å². The summed E-state index contributed by atoms with van der Waals surface area (Å²) < 4.78 is 6.41. The molecule has 1 fully saturated rings. The molecule has 3 nitrogen and oxygen atoms in total. The third-order valence-electron chi connectivity index (χ3n) is 3.09. The van der Waals surface area contributed by atoms with Crippen LogP contribution < -0.4 is 5.32 Å². The lowest BCUT2D eigenvalue weighted by molar-refractivity contribution is 0.108. The summed E-state index contributed by atoms with van der Waals surface area (Å²) in [5.41, 5.74) is 1.02. The Morgan fingerprint density at radius 2 is 2.25 bits per heavy atom. The van der Waals surface area contributed by atoms with E-state index >= 15 is 0 Å². The van der Waals surface area contributed by atoms with Gasteiger partial charge in [-0.1, -0.05) is 0 Å². The average molecular weight is 285 g/mol. The number of aryl methyl sites for hydroxylation is 1. The summed E-state index contributed by atoms with van der Waals surface area (Å²) in [6.07, 6.45) is 3.79. The number of methoxy groups -OCH3 is 1. The lowest BCUT2D eigenvalue weighted by Gasteiger charge is -2.14. The summed E-state index contributed by atoms with van der Waals surface area (Å²) in [5, 5.41) is 3.46. The lowest BCUT2D eigenvalue weighted by Crippen LogP contribution is -2.18. The Balaban J connectivity index is 1.97. The van der Waals surface area contributed by atoms with Crippen LogP contribution in [0.15, 0.2) is 16.6 Å². The van der Waals surface area contributed by atoms with Crippen LogP contribution in [0.5, 0.6) is 0 Å². The number of ether oxygens (including phenoxy) is 1. The molecule has 0 bridgehead atoms. The number of hydrogen-bond donors (Lipinski definition) is 1. The number of halogens is 1. The molecule has 1 saturated carbocycles. The topological polar surface area (TPSA) is 34.1 Å².